The van der Waals surface area contributed by atoms with Crippen molar-refractivity contribution in [2.24, 2.45) is 5.92 Å². The minimum atomic E-state index is -3.26. The zero-order valence-corrected chi connectivity index (χ0v) is 15.7. The van der Waals surface area contributed by atoms with E-state index in [1.54, 1.807) is 0 Å². The largest absolute Gasteiger partial charge is 0.326 e. The predicted molar refractivity (Wildman–Crippen MR) is 103 cm³/mol. The van der Waals surface area contributed by atoms with Crippen molar-refractivity contribution >= 4 is 21.6 Å². The molecular weight excluding hydrogens is 348 g/mol. The number of rotatable bonds is 5. The molecule has 1 aliphatic heterocycles. The van der Waals surface area contributed by atoms with E-state index in [4.69, 9.17) is 0 Å². The maximum Gasteiger partial charge on any atom is 0.228 e. The highest BCUT2D eigenvalue weighted by Gasteiger charge is 2.30. The fourth-order valence-corrected chi connectivity index (χ4v) is 4.22. The number of carbonyl (C=O) groups excluding carboxylic acids is 1. The van der Waals surface area contributed by atoms with Crippen LogP contribution in [-0.4, -0.2) is 38.0 Å². The van der Waals surface area contributed by atoms with Gasteiger partial charge in [0.1, 0.15) is 0 Å². The van der Waals surface area contributed by atoms with Crippen molar-refractivity contribution < 1.29 is 13.2 Å². The summed E-state index contributed by atoms with van der Waals surface area (Å²) in [5.74, 6) is -0.429. The van der Waals surface area contributed by atoms with Crippen LogP contribution in [-0.2, 0) is 21.2 Å². The summed E-state index contributed by atoms with van der Waals surface area (Å²) in [6, 6.07) is 17.9. The molecule has 1 N–H and O–H groups in total. The molecule has 0 spiro atoms. The number of hydrogen-bond acceptors (Lipinski definition) is 3. The Labute approximate surface area is 155 Å². The van der Waals surface area contributed by atoms with Gasteiger partial charge in [0.15, 0.2) is 0 Å². The highest BCUT2D eigenvalue weighted by atomic mass is 32.2. The Morgan fingerprint density at radius 1 is 1.12 bits per heavy atom. The summed E-state index contributed by atoms with van der Waals surface area (Å²) in [6.07, 6.45) is 3.34. The number of sulfonamides is 1. The van der Waals surface area contributed by atoms with Crippen molar-refractivity contribution in [2.45, 2.75) is 19.3 Å². The first kappa shape index (κ1) is 18.6. The van der Waals surface area contributed by atoms with Crippen LogP contribution in [0.25, 0.3) is 0 Å². The second-order valence-corrected chi connectivity index (χ2v) is 8.75. The van der Waals surface area contributed by atoms with Gasteiger partial charge in [0.25, 0.3) is 0 Å². The second kappa shape index (κ2) is 8.01. The highest BCUT2D eigenvalue weighted by molar-refractivity contribution is 7.88. The molecule has 2 aromatic carbocycles. The SMILES string of the molecule is CS(=O)(=O)N1CCCC(C(=O)Nc2ccccc2Cc2ccccc2)C1. The molecule has 1 fully saturated rings. The molecule has 0 radical (unpaired) electrons. The monoisotopic (exact) mass is 372 g/mol. The minimum absolute atomic E-state index is 0.112. The Morgan fingerprint density at radius 2 is 1.81 bits per heavy atom. The van der Waals surface area contributed by atoms with E-state index >= 15 is 0 Å². The van der Waals surface area contributed by atoms with Crippen LogP contribution >= 0.6 is 0 Å². The lowest BCUT2D eigenvalue weighted by molar-refractivity contribution is -0.120. The molecule has 1 aliphatic rings. The Hall–Kier alpha value is -2.18. The van der Waals surface area contributed by atoms with Crippen molar-refractivity contribution in [2.75, 3.05) is 24.7 Å². The van der Waals surface area contributed by atoms with E-state index in [1.807, 2.05) is 42.5 Å². The normalized spacial score (nSPS) is 18.4. The van der Waals surface area contributed by atoms with Gasteiger partial charge in [-0.25, -0.2) is 12.7 Å². The van der Waals surface area contributed by atoms with Gasteiger partial charge in [0.2, 0.25) is 15.9 Å². The molecule has 2 aromatic rings. The summed E-state index contributed by atoms with van der Waals surface area (Å²) < 4.78 is 24.9. The van der Waals surface area contributed by atoms with E-state index in [2.05, 4.69) is 17.4 Å². The van der Waals surface area contributed by atoms with Crippen LogP contribution in [0, 0.1) is 5.92 Å². The van der Waals surface area contributed by atoms with Crippen LogP contribution in [0.5, 0.6) is 0 Å². The maximum absolute atomic E-state index is 12.7. The molecule has 5 nitrogen and oxygen atoms in total. The van der Waals surface area contributed by atoms with Crippen molar-refractivity contribution in [3.05, 3.63) is 65.7 Å². The number of piperidine rings is 1. The fourth-order valence-electron chi connectivity index (χ4n) is 3.30. The van der Waals surface area contributed by atoms with Crippen molar-refractivity contribution in [1.82, 2.24) is 4.31 Å². The van der Waals surface area contributed by atoms with Crippen molar-refractivity contribution in [3.8, 4) is 0 Å². The molecule has 1 atom stereocenters. The number of amides is 1. The Balaban J connectivity index is 1.71. The first-order valence-electron chi connectivity index (χ1n) is 8.81. The number of anilines is 1. The average molecular weight is 372 g/mol. The van der Waals surface area contributed by atoms with E-state index in [0.29, 0.717) is 19.4 Å². The summed E-state index contributed by atoms with van der Waals surface area (Å²) in [4.78, 5) is 12.7. The van der Waals surface area contributed by atoms with E-state index in [9.17, 15) is 13.2 Å². The molecule has 0 bridgehead atoms. The van der Waals surface area contributed by atoms with Crippen LogP contribution in [0.2, 0.25) is 0 Å². The third kappa shape index (κ3) is 4.71. The zero-order valence-electron chi connectivity index (χ0n) is 14.9. The summed E-state index contributed by atoms with van der Waals surface area (Å²) in [5, 5.41) is 3.01. The van der Waals surface area contributed by atoms with Crippen molar-refractivity contribution in [1.29, 1.82) is 0 Å². The van der Waals surface area contributed by atoms with Crippen molar-refractivity contribution in [3.63, 3.8) is 0 Å². The van der Waals surface area contributed by atoms with Gasteiger partial charge in [-0.1, -0.05) is 48.5 Å². The van der Waals surface area contributed by atoms with E-state index in [1.165, 1.54) is 16.1 Å². The van der Waals surface area contributed by atoms with Gasteiger partial charge in [-0.15, -0.1) is 0 Å². The standard InChI is InChI=1S/C20H24N2O3S/c1-26(24,25)22-13-7-11-18(15-22)20(23)21-19-12-6-5-10-17(19)14-16-8-3-2-4-9-16/h2-6,8-10,12,18H,7,11,13-15H2,1H3,(H,21,23). The number of benzene rings is 2. The third-order valence-corrected chi connectivity index (χ3v) is 6.01. The molecule has 1 unspecified atom stereocenters. The molecular formula is C20H24N2O3S. The smallest absolute Gasteiger partial charge is 0.228 e. The van der Waals surface area contributed by atoms with Gasteiger partial charge >= 0.3 is 0 Å². The van der Waals surface area contributed by atoms with Crippen LogP contribution in [0.1, 0.15) is 24.0 Å². The van der Waals surface area contributed by atoms with Gasteiger partial charge in [0.05, 0.1) is 12.2 Å². The first-order chi connectivity index (χ1) is 12.4. The summed E-state index contributed by atoms with van der Waals surface area (Å²) in [7, 11) is -3.26. The Morgan fingerprint density at radius 3 is 2.54 bits per heavy atom. The number of nitrogens with one attached hydrogen (secondary N) is 1. The molecule has 6 heteroatoms. The lowest BCUT2D eigenvalue weighted by atomic mass is 9.98. The molecule has 26 heavy (non-hydrogen) atoms. The molecule has 0 aromatic heterocycles. The van der Waals surface area contributed by atoms with Crippen LogP contribution in [0.4, 0.5) is 5.69 Å². The molecule has 1 heterocycles. The fraction of sp³-hybridized carbons (Fsp3) is 0.350. The molecule has 0 saturated carbocycles. The first-order valence-corrected chi connectivity index (χ1v) is 10.7. The average Bonchev–Trinajstić information content (AvgIpc) is 2.63. The number of para-hydroxylation sites is 1. The minimum Gasteiger partial charge on any atom is -0.326 e. The predicted octanol–water partition coefficient (Wildman–Crippen LogP) is 2.89. The zero-order chi connectivity index (χ0) is 18.6. The summed E-state index contributed by atoms with van der Waals surface area (Å²) >= 11 is 0. The Bertz CT molecular complexity index is 866. The van der Waals surface area contributed by atoms with Crippen LogP contribution < -0.4 is 5.32 Å². The van der Waals surface area contributed by atoms with E-state index < -0.39 is 10.0 Å². The number of carbonyl (C=O) groups is 1. The van der Waals surface area contributed by atoms with Gasteiger partial charge in [-0.2, -0.15) is 0 Å². The number of hydrogen-bond donors (Lipinski definition) is 1. The maximum atomic E-state index is 12.7. The lowest BCUT2D eigenvalue weighted by Gasteiger charge is -2.30. The van der Waals surface area contributed by atoms with E-state index in [-0.39, 0.29) is 18.4 Å². The van der Waals surface area contributed by atoms with Crippen LogP contribution in [0.3, 0.4) is 0 Å². The van der Waals surface area contributed by atoms with Gasteiger partial charge in [-0.05, 0) is 36.5 Å². The quantitative estimate of drug-likeness (QED) is 0.878. The van der Waals surface area contributed by atoms with Crippen LogP contribution in [0.15, 0.2) is 54.6 Å². The molecule has 0 aliphatic carbocycles. The molecule has 1 amide bonds. The van der Waals surface area contributed by atoms with E-state index in [0.717, 1.165) is 17.7 Å². The lowest BCUT2D eigenvalue weighted by Crippen LogP contribution is -2.43. The molecule has 138 valence electrons. The second-order valence-electron chi connectivity index (χ2n) is 6.77. The molecule has 3 rings (SSSR count). The molecule has 1 saturated heterocycles. The third-order valence-electron chi connectivity index (χ3n) is 4.74. The van der Waals surface area contributed by atoms with Gasteiger partial charge in [-0.3, -0.25) is 4.79 Å². The topological polar surface area (TPSA) is 66.5 Å². The van der Waals surface area contributed by atoms with Gasteiger partial charge in [0, 0.05) is 18.8 Å². The Kier molecular flexibility index (Phi) is 5.74. The summed E-state index contributed by atoms with van der Waals surface area (Å²) in [5.41, 5.74) is 3.01. The highest BCUT2D eigenvalue weighted by Crippen LogP contribution is 2.23. The number of nitrogens with zero attached hydrogens (tertiary/aromatic N) is 1. The summed E-state index contributed by atoms with van der Waals surface area (Å²) in [6.45, 7) is 0.749. The van der Waals surface area contributed by atoms with Gasteiger partial charge < -0.3 is 5.32 Å².